The molecule has 2 rings (SSSR count). The molecule has 16 heavy (non-hydrogen) atoms. The van der Waals surface area contributed by atoms with E-state index in [0.29, 0.717) is 13.2 Å². The summed E-state index contributed by atoms with van der Waals surface area (Å²) in [5, 5.41) is 0. The Hall–Kier alpha value is -1.39. The number of benzene rings is 1. The van der Waals surface area contributed by atoms with Gasteiger partial charge in [0.2, 0.25) is 0 Å². The quantitative estimate of drug-likeness (QED) is 0.751. The molecule has 0 radical (unpaired) electrons. The molecule has 0 unspecified atom stereocenters. The zero-order valence-corrected chi connectivity index (χ0v) is 9.49. The van der Waals surface area contributed by atoms with Crippen molar-refractivity contribution in [1.82, 2.24) is 9.97 Å². The van der Waals surface area contributed by atoms with Crippen LogP contribution in [0, 0.1) is 0 Å². The number of aromatic nitrogens is 2. The number of rotatable bonds is 5. The van der Waals surface area contributed by atoms with Gasteiger partial charge in [-0.05, 0) is 24.6 Å². The number of nitrogens with one attached hydrogen (secondary N) is 1. The maximum absolute atomic E-state index is 5.59. The van der Waals surface area contributed by atoms with Gasteiger partial charge in [-0.3, -0.25) is 0 Å². The van der Waals surface area contributed by atoms with Gasteiger partial charge < -0.3 is 15.5 Å². The van der Waals surface area contributed by atoms with Crippen molar-refractivity contribution in [2.45, 2.75) is 19.9 Å². The standard InChI is InChI=1S/C12H17N3O/c1-2-16-6-5-12-14-10-4-3-9(8-13)7-11(10)15-12/h3-4,7H,2,5-6,8,13H2,1H3,(H,14,15). The number of fused-ring (bicyclic) bond motifs is 1. The summed E-state index contributed by atoms with van der Waals surface area (Å²) in [5.74, 6) is 0.970. The molecule has 4 nitrogen and oxygen atoms in total. The third kappa shape index (κ3) is 2.40. The monoisotopic (exact) mass is 219 g/mol. The van der Waals surface area contributed by atoms with Crippen LogP contribution in [-0.4, -0.2) is 23.2 Å². The molecule has 0 aliphatic rings. The molecule has 86 valence electrons. The molecule has 4 heteroatoms. The van der Waals surface area contributed by atoms with E-state index in [-0.39, 0.29) is 0 Å². The number of imidazole rings is 1. The van der Waals surface area contributed by atoms with Gasteiger partial charge in [0.25, 0.3) is 0 Å². The number of ether oxygens (including phenoxy) is 1. The molecule has 1 aromatic carbocycles. The topological polar surface area (TPSA) is 63.9 Å². The number of aromatic amines is 1. The smallest absolute Gasteiger partial charge is 0.109 e. The van der Waals surface area contributed by atoms with Crippen LogP contribution in [-0.2, 0) is 17.7 Å². The van der Waals surface area contributed by atoms with Crippen LogP contribution < -0.4 is 5.73 Å². The minimum Gasteiger partial charge on any atom is -0.381 e. The molecule has 0 spiro atoms. The fraction of sp³-hybridized carbons (Fsp3) is 0.417. The lowest BCUT2D eigenvalue weighted by atomic mass is 10.2. The maximum Gasteiger partial charge on any atom is 0.109 e. The van der Waals surface area contributed by atoms with Crippen molar-refractivity contribution in [1.29, 1.82) is 0 Å². The van der Waals surface area contributed by atoms with Crippen LogP contribution in [0.3, 0.4) is 0 Å². The second-order valence-electron chi connectivity index (χ2n) is 3.69. The van der Waals surface area contributed by atoms with E-state index in [2.05, 4.69) is 9.97 Å². The molecule has 0 saturated carbocycles. The predicted molar refractivity (Wildman–Crippen MR) is 64.2 cm³/mol. The molecular weight excluding hydrogens is 202 g/mol. The third-order valence-corrected chi connectivity index (χ3v) is 2.52. The largest absolute Gasteiger partial charge is 0.381 e. The molecule has 0 bridgehead atoms. The summed E-state index contributed by atoms with van der Waals surface area (Å²) in [6.45, 7) is 4.01. The summed E-state index contributed by atoms with van der Waals surface area (Å²) in [4.78, 5) is 7.77. The molecule has 2 aromatic rings. The molecule has 3 N–H and O–H groups in total. The van der Waals surface area contributed by atoms with Crippen molar-refractivity contribution in [2.24, 2.45) is 5.73 Å². The highest BCUT2D eigenvalue weighted by molar-refractivity contribution is 5.75. The number of nitrogens with two attached hydrogens (primary N) is 1. The van der Waals surface area contributed by atoms with Gasteiger partial charge in [0.05, 0.1) is 17.6 Å². The zero-order valence-electron chi connectivity index (χ0n) is 9.49. The first kappa shape index (κ1) is 11.1. The second kappa shape index (κ2) is 5.09. The first-order chi connectivity index (χ1) is 7.83. The van der Waals surface area contributed by atoms with Crippen molar-refractivity contribution >= 4 is 11.0 Å². The van der Waals surface area contributed by atoms with Crippen molar-refractivity contribution < 1.29 is 4.74 Å². The summed E-state index contributed by atoms with van der Waals surface area (Å²) in [7, 11) is 0. The molecule has 1 heterocycles. The van der Waals surface area contributed by atoms with E-state index in [1.165, 1.54) is 0 Å². The predicted octanol–water partition coefficient (Wildman–Crippen LogP) is 1.60. The van der Waals surface area contributed by atoms with Crippen molar-refractivity contribution in [2.75, 3.05) is 13.2 Å². The fourth-order valence-corrected chi connectivity index (χ4v) is 1.67. The molecule has 0 saturated heterocycles. The van der Waals surface area contributed by atoms with E-state index in [9.17, 15) is 0 Å². The van der Waals surface area contributed by atoms with Gasteiger partial charge in [0.1, 0.15) is 5.82 Å². The number of hydrogen-bond donors (Lipinski definition) is 2. The Morgan fingerprint density at radius 1 is 1.44 bits per heavy atom. The van der Waals surface area contributed by atoms with E-state index in [1.54, 1.807) is 0 Å². The molecule has 0 atom stereocenters. The Labute approximate surface area is 94.8 Å². The second-order valence-corrected chi connectivity index (χ2v) is 3.69. The Bertz CT molecular complexity index is 464. The summed E-state index contributed by atoms with van der Waals surface area (Å²) in [6.07, 6.45) is 0.820. The summed E-state index contributed by atoms with van der Waals surface area (Å²) in [6, 6.07) is 6.06. The lowest BCUT2D eigenvalue weighted by molar-refractivity contribution is 0.149. The van der Waals surface area contributed by atoms with E-state index < -0.39 is 0 Å². The minimum absolute atomic E-state index is 0.559. The van der Waals surface area contributed by atoms with Gasteiger partial charge >= 0.3 is 0 Å². The molecule has 0 aliphatic heterocycles. The van der Waals surface area contributed by atoms with E-state index in [0.717, 1.165) is 35.4 Å². The molecule has 0 amide bonds. The Morgan fingerprint density at radius 3 is 3.06 bits per heavy atom. The Balaban J connectivity index is 2.16. The van der Waals surface area contributed by atoms with Gasteiger partial charge in [-0.1, -0.05) is 6.07 Å². The number of nitrogens with zero attached hydrogens (tertiary/aromatic N) is 1. The highest BCUT2D eigenvalue weighted by Crippen LogP contribution is 2.13. The van der Waals surface area contributed by atoms with Crippen LogP contribution in [0.15, 0.2) is 18.2 Å². The lowest BCUT2D eigenvalue weighted by Gasteiger charge is -1.96. The highest BCUT2D eigenvalue weighted by atomic mass is 16.5. The van der Waals surface area contributed by atoms with Crippen molar-refractivity contribution in [3.8, 4) is 0 Å². The first-order valence-electron chi connectivity index (χ1n) is 5.59. The number of H-pyrrole nitrogens is 1. The third-order valence-electron chi connectivity index (χ3n) is 2.52. The summed E-state index contributed by atoms with van der Waals surface area (Å²) in [5.41, 5.74) is 8.75. The van der Waals surface area contributed by atoms with E-state index >= 15 is 0 Å². The number of hydrogen-bond acceptors (Lipinski definition) is 3. The van der Waals surface area contributed by atoms with Crippen molar-refractivity contribution in [3.63, 3.8) is 0 Å². The SMILES string of the molecule is CCOCCc1nc2ccc(CN)cc2[nH]1. The van der Waals surface area contributed by atoms with Crippen LogP contribution in [0.2, 0.25) is 0 Å². The van der Waals surface area contributed by atoms with Gasteiger partial charge in [0, 0.05) is 19.6 Å². The van der Waals surface area contributed by atoms with E-state index in [4.69, 9.17) is 10.5 Å². The van der Waals surface area contributed by atoms with Crippen LogP contribution in [0.4, 0.5) is 0 Å². The first-order valence-corrected chi connectivity index (χ1v) is 5.59. The van der Waals surface area contributed by atoms with Crippen LogP contribution in [0.1, 0.15) is 18.3 Å². The molecule has 1 aromatic heterocycles. The zero-order chi connectivity index (χ0) is 11.4. The van der Waals surface area contributed by atoms with Crippen LogP contribution in [0.25, 0.3) is 11.0 Å². The normalized spacial score (nSPS) is 11.1. The minimum atomic E-state index is 0.559. The van der Waals surface area contributed by atoms with Crippen molar-refractivity contribution in [3.05, 3.63) is 29.6 Å². The lowest BCUT2D eigenvalue weighted by Crippen LogP contribution is -1.99. The van der Waals surface area contributed by atoms with Crippen LogP contribution >= 0.6 is 0 Å². The maximum atomic E-state index is 5.59. The average molecular weight is 219 g/mol. The molecular formula is C12H17N3O. The van der Waals surface area contributed by atoms with Gasteiger partial charge in [-0.25, -0.2) is 4.98 Å². The van der Waals surface area contributed by atoms with Gasteiger partial charge in [-0.15, -0.1) is 0 Å². The van der Waals surface area contributed by atoms with Crippen LogP contribution in [0.5, 0.6) is 0 Å². The van der Waals surface area contributed by atoms with Gasteiger partial charge in [0.15, 0.2) is 0 Å². The highest BCUT2D eigenvalue weighted by Gasteiger charge is 2.03. The Morgan fingerprint density at radius 2 is 2.31 bits per heavy atom. The van der Waals surface area contributed by atoms with E-state index in [1.807, 2.05) is 25.1 Å². The summed E-state index contributed by atoms with van der Waals surface area (Å²) < 4.78 is 5.30. The summed E-state index contributed by atoms with van der Waals surface area (Å²) >= 11 is 0. The average Bonchev–Trinajstić information content (AvgIpc) is 2.70. The fourth-order valence-electron chi connectivity index (χ4n) is 1.67. The Kier molecular flexibility index (Phi) is 3.54. The molecule has 0 aliphatic carbocycles. The van der Waals surface area contributed by atoms with Gasteiger partial charge in [-0.2, -0.15) is 0 Å². The molecule has 0 fully saturated rings.